The second-order valence-corrected chi connectivity index (χ2v) is 6.13. The summed E-state index contributed by atoms with van der Waals surface area (Å²) in [6, 6.07) is 10.6. The maximum absolute atomic E-state index is 11.3. The molecular weight excluding hydrogens is 268 g/mol. The molecule has 0 unspecified atom stereocenters. The monoisotopic (exact) mass is 286 g/mol. The zero-order valence-corrected chi connectivity index (χ0v) is 12.4. The van der Waals surface area contributed by atoms with Crippen LogP contribution in [0.5, 0.6) is 0 Å². The van der Waals surface area contributed by atoms with Gasteiger partial charge in [-0.15, -0.1) is 0 Å². The number of rotatable bonds is 6. The molecule has 1 aromatic heterocycles. The van der Waals surface area contributed by atoms with Gasteiger partial charge in [0.2, 0.25) is 0 Å². The fourth-order valence-electron chi connectivity index (χ4n) is 2.39. The molecule has 1 saturated carbocycles. The van der Waals surface area contributed by atoms with Crippen molar-refractivity contribution in [3.63, 3.8) is 0 Å². The van der Waals surface area contributed by atoms with Crippen molar-refractivity contribution in [1.29, 1.82) is 0 Å². The van der Waals surface area contributed by atoms with E-state index in [0.29, 0.717) is 6.04 Å². The van der Waals surface area contributed by atoms with Crippen molar-refractivity contribution in [2.24, 2.45) is 0 Å². The Kier molecular flexibility index (Phi) is 3.83. The van der Waals surface area contributed by atoms with Crippen LogP contribution in [0, 0.1) is 0 Å². The van der Waals surface area contributed by atoms with Gasteiger partial charge >= 0.3 is 0 Å². The number of carbonyl (C=O) groups excluding carboxylic acids is 1. The normalized spacial score (nSPS) is 14.2. The van der Waals surface area contributed by atoms with Crippen molar-refractivity contribution in [2.75, 3.05) is 11.4 Å². The first kappa shape index (κ1) is 13.3. The second kappa shape index (κ2) is 5.75. The molecule has 1 fully saturated rings. The van der Waals surface area contributed by atoms with E-state index in [0.717, 1.165) is 40.5 Å². The maximum Gasteiger partial charge on any atom is 0.186 e. The number of aldehydes is 1. The molecule has 0 spiro atoms. The van der Waals surface area contributed by atoms with Crippen LogP contribution in [0.15, 0.2) is 30.3 Å². The zero-order chi connectivity index (χ0) is 13.9. The minimum absolute atomic E-state index is 0.629. The van der Waals surface area contributed by atoms with Gasteiger partial charge in [0, 0.05) is 18.2 Å². The summed E-state index contributed by atoms with van der Waals surface area (Å²) in [7, 11) is 0. The molecular formula is C16H18N2OS. The summed E-state index contributed by atoms with van der Waals surface area (Å²) in [5, 5.41) is 0.996. The third-order valence-corrected chi connectivity index (χ3v) is 4.51. The molecule has 3 rings (SSSR count). The van der Waals surface area contributed by atoms with Gasteiger partial charge in [-0.2, -0.15) is 0 Å². The number of hydrogen-bond acceptors (Lipinski definition) is 4. The predicted octanol–water partition coefficient (Wildman–Crippen LogP) is 4.00. The summed E-state index contributed by atoms with van der Waals surface area (Å²) in [5.74, 6) is 0. The Morgan fingerprint density at radius 1 is 1.35 bits per heavy atom. The van der Waals surface area contributed by atoms with Crippen LogP contribution >= 0.6 is 11.3 Å². The molecule has 0 bridgehead atoms. The van der Waals surface area contributed by atoms with Gasteiger partial charge in [0.15, 0.2) is 11.4 Å². The Hall–Kier alpha value is -1.68. The summed E-state index contributed by atoms with van der Waals surface area (Å²) in [5.41, 5.74) is 1.84. The molecule has 104 valence electrons. The highest BCUT2D eigenvalue weighted by Crippen LogP contribution is 2.37. The summed E-state index contributed by atoms with van der Waals surface area (Å²) in [6.45, 7) is 3.20. The molecule has 20 heavy (non-hydrogen) atoms. The van der Waals surface area contributed by atoms with Crippen molar-refractivity contribution in [3.8, 4) is 11.3 Å². The number of aromatic nitrogens is 1. The van der Waals surface area contributed by atoms with Gasteiger partial charge < -0.3 is 4.90 Å². The lowest BCUT2D eigenvalue weighted by atomic mass is 10.1. The van der Waals surface area contributed by atoms with E-state index in [1.165, 1.54) is 24.2 Å². The van der Waals surface area contributed by atoms with Crippen molar-refractivity contribution >= 4 is 22.8 Å². The lowest BCUT2D eigenvalue weighted by Gasteiger charge is -2.20. The van der Waals surface area contributed by atoms with Gasteiger partial charge in [0.05, 0.1) is 10.6 Å². The Bertz CT molecular complexity index is 590. The van der Waals surface area contributed by atoms with Crippen LogP contribution in [0.25, 0.3) is 11.3 Å². The minimum atomic E-state index is 0.629. The third kappa shape index (κ3) is 2.61. The maximum atomic E-state index is 11.3. The lowest BCUT2D eigenvalue weighted by molar-refractivity contribution is 0.112. The largest absolute Gasteiger partial charge is 0.345 e. The summed E-state index contributed by atoms with van der Waals surface area (Å²) >= 11 is 1.52. The van der Waals surface area contributed by atoms with Gasteiger partial charge in [-0.3, -0.25) is 4.79 Å². The van der Waals surface area contributed by atoms with Crippen molar-refractivity contribution in [2.45, 2.75) is 32.2 Å². The number of benzene rings is 1. The average molecular weight is 286 g/mol. The molecule has 4 heteroatoms. The summed E-state index contributed by atoms with van der Waals surface area (Å²) in [6.07, 6.45) is 4.53. The van der Waals surface area contributed by atoms with E-state index in [1.807, 2.05) is 30.3 Å². The number of hydrogen-bond donors (Lipinski definition) is 0. The molecule has 0 N–H and O–H groups in total. The molecule has 0 amide bonds. The Morgan fingerprint density at radius 2 is 2.10 bits per heavy atom. The van der Waals surface area contributed by atoms with E-state index in [-0.39, 0.29) is 0 Å². The van der Waals surface area contributed by atoms with Gasteiger partial charge in [-0.05, 0) is 19.3 Å². The molecule has 0 radical (unpaired) electrons. The number of thiazole rings is 1. The van der Waals surface area contributed by atoms with Crippen LogP contribution in [0.4, 0.5) is 5.13 Å². The average Bonchev–Trinajstić information content (AvgIpc) is 3.24. The van der Waals surface area contributed by atoms with Gasteiger partial charge in [-0.25, -0.2) is 4.98 Å². The third-order valence-electron chi connectivity index (χ3n) is 3.49. The number of nitrogens with zero attached hydrogens (tertiary/aromatic N) is 2. The Balaban J connectivity index is 1.97. The highest BCUT2D eigenvalue weighted by atomic mass is 32.1. The van der Waals surface area contributed by atoms with E-state index in [4.69, 9.17) is 4.98 Å². The van der Waals surface area contributed by atoms with Gasteiger partial charge in [-0.1, -0.05) is 48.6 Å². The molecule has 0 aliphatic heterocycles. The second-order valence-electron chi connectivity index (χ2n) is 5.12. The molecule has 1 heterocycles. The van der Waals surface area contributed by atoms with E-state index < -0.39 is 0 Å². The first-order chi connectivity index (χ1) is 9.83. The van der Waals surface area contributed by atoms with Crippen molar-refractivity contribution < 1.29 is 4.79 Å². The van der Waals surface area contributed by atoms with Crippen molar-refractivity contribution in [1.82, 2.24) is 4.98 Å². The Morgan fingerprint density at radius 3 is 2.70 bits per heavy atom. The highest BCUT2D eigenvalue weighted by Gasteiger charge is 2.31. The molecule has 1 aliphatic rings. The van der Waals surface area contributed by atoms with Gasteiger partial charge in [0.1, 0.15) is 0 Å². The predicted molar refractivity (Wildman–Crippen MR) is 83.6 cm³/mol. The number of carbonyl (C=O) groups is 1. The smallest absolute Gasteiger partial charge is 0.186 e. The molecule has 0 saturated heterocycles. The quantitative estimate of drug-likeness (QED) is 0.752. The van der Waals surface area contributed by atoms with E-state index in [9.17, 15) is 4.79 Å². The molecule has 1 aromatic carbocycles. The van der Waals surface area contributed by atoms with E-state index in [1.54, 1.807) is 0 Å². The molecule has 0 atom stereocenters. The standard InChI is InChI=1S/C16H18N2OS/c1-2-10-18(13-8-9-13)16-17-15(14(11-19)20-16)12-6-4-3-5-7-12/h3-7,11,13H,2,8-10H2,1H3. The van der Waals surface area contributed by atoms with E-state index >= 15 is 0 Å². The summed E-state index contributed by atoms with van der Waals surface area (Å²) < 4.78 is 0. The molecule has 2 aromatic rings. The first-order valence-electron chi connectivity index (χ1n) is 7.11. The molecule has 1 aliphatic carbocycles. The Labute approximate surface area is 123 Å². The topological polar surface area (TPSA) is 33.2 Å². The molecule has 3 nitrogen and oxygen atoms in total. The van der Waals surface area contributed by atoms with Gasteiger partial charge in [0.25, 0.3) is 0 Å². The van der Waals surface area contributed by atoms with Crippen LogP contribution in [0.2, 0.25) is 0 Å². The van der Waals surface area contributed by atoms with Crippen LogP contribution in [0.3, 0.4) is 0 Å². The number of anilines is 1. The highest BCUT2D eigenvalue weighted by molar-refractivity contribution is 7.17. The zero-order valence-electron chi connectivity index (χ0n) is 11.6. The summed E-state index contributed by atoms with van der Waals surface area (Å²) in [4.78, 5) is 19.2. The fourth-order valence-corrected chi connectivity index (χ4v) is 3.39. The lowest BCUT2D eigenvalue weighted by Crippen LogP contribution is -2.26. The van der Waals surface area contributed by atoms with Crippen LogP contribution in [-0.4, -0.2) is 23.9 Å². The first-order valence-corrected chi connectivity index (χ1v) is 7.93. The van der Waals surface area contributed by atoms with Crippen molar-refractivity contribution in [3.05, 3.63) is 35.2 Å². The fraction of sp³-hybridized carbons (Fsp3) is 0.375. The van der Waals surface area contributed by atoms with E-state index in [2.05, 4.69) is 11.8 Å². The van der Waals surface area contributed by atoms with Crippen LogP contribution in [-0.2, 0) is 0 Å². The minimum Gasteiger partial charge on any atom is -0.345 e. The van der Waals surface area contributed by atoms with Crippen LogP contribution < -0.4 is 4.90 Å². The SMILES string of the molecule is CCCN(c1nc(-c2ccccc2)c(C=O)s1)C1CC1. The van der Waals surface area contributed by atoms with Crippen LogP contribution in [0.1, 0.15) is 35.9 Å².